The highest BCUT2D eigenvalue weighted by Gasteiger charge is 2.58. The highest BCUT2D eigenvalue weighted by atomic mass is 16.4. The van der Waals surface area contributed by atoms with Crippen LogP contribution >= 0.6 is 0 Å². The zero-order valence-corrected chi connectivity index (χ0v) is 32.4. The Morgan fingerprint density at radius 1 is 0.792 bits per heavy atom. The van der Waals surface area contributed by atoms with Crippen LogP contribution in [-0.4, -0.2) is 11.1 Å². The van der Waals surface area contributed by atoms with E-state index in [4.69, 9.17) is 5.11 Å². The molecule has 4 aliphatic rings. The highest BCUT2D eigenvalue weighted by molar-refractivity contribution is 5.66. The quantitative estimate of drug-likeness (QED) is 0.104. The minimum atomic E-state index is -0.664. The number of aliphatic carboxylic acids is 1. The summed E-state index contributed by atoms with van der Waals surface area (Å²) in [5.74, 6) is 5.90. The first-order valence-electron chi connectivity index (χ1n) is 21.0. The van der Waals surface area contributed by atoms with Gasteiger partial charge >= 0.3 is 5.97 Å². The predicted octanol–water partition coefficient (Wildman–Crippen LogP) is 13.9. The average Bonchev–Trinajstić information content (AvgIpc) is 3.42. The number of rotatable bonds is 20. The van der Waals surface area contributed by atoms with Crippen LogP contribution in [0, 0.1) is 58.2 Å². The molecule has 2 heteroatoms. The maximum Gasteiger partial charge on any atom is 0.303 e. The monoisotopic (exact) mass is 661 g/mol. The fourth-order valence-corrected chi connectivity index (χ4v) is 10.9. The van der Waals surface area contributed by atoms with Crippen molar-refractivity contribution in [3.05, 3.63) is 48.1 Å². The van der Waals surface area contributed by atoms with Gasteiger partial charge in [-0.1, -0.05) is 128 Å². The van der Waals surface area contributed by atoms with Gasteiger partial charge in [0.15, 0.2) is 0 Å². The molecule has 4 rings (SSSR count). The molecule has 0 heterocycles. The molecule has 2 nitrogen and oxygen atoms in total. The third-order valence-electron chi connectivity index (χ3n) is 14.5. The Bertz CT molecular complexity index is 1090. The molecule has 0 saturated heterocycles. The lowest BCUT2D eigenvalue weighted by Gasteiger charge is -2.58. The minimum Gasteiger partial charge on any atom is -0.481 e. The Morgan fingerprint density at radius 2 is 1.44 bits per heavy atom. The van der Waals surface area contributed by atoms with E-state index in [2.05, 4.69) is 84.1 Å². The molecule has 0 aromatic carbocycles. The summed E-state index contributed by atoms with van der Waals surface area (Å²) in [7, 11) is 0. The second-order valence-corrected chi connectivity index (χ2v) is 18.0. The number of carbonyl (C=O) groups is 1. The molecule has 1 unspecified atom stereocenters. The van der Waals surface area contributed by atoms with Crippen molar-refractivity contribution in [3.8, 4) is 0 Å². The lowest BCUT2D eigenvalue weighted by atomic mass is 9.47. The minimum absolute atomic E-state index is 0.323. The van der Waals surface area contributed by atoms with E-state index in [0.717, 1.165) is 67.6 Å². The van der Waals surface area contributed by atoms with Crippen molar-refractivity contribution in [2.45, 2.75) is 176 Å². The SMILES string of the molecule is CC(C)[C@@H](C)C=C[C@@H](C)[C@H]1CC[C@H]2C3=CCC4C[C@@H](CCCCC/C=C\C/C=C\CCCCCCCC(=O)O)CC[C@]4(C)[C@H]3CC[C@]12C. The number of hydrogen-bond acceptors (Lipinski definition) is 1. The van der Waals surface area contributed by atoms with E-state index in [9.17, 15) is 4.79 Å². The van der Waals surface area contributed by atoms with Gasteiger partial charge in [-0.2, -0.15) is 0 Å². The molecule has 0 aliphatic heterocycles. The second-order valence-electron chi connectivity index (χ2n) is 18.0. The summed E-state index contributed by atoms with van der Waals surface area (Å²) in [6.07, 6.45) is 43.8. The third kappa shape index (κ3) is 10.5. The normalized spacial score (nSPS) is 33.2. The van der Waals surface area contributed by atoms with Gasteiger partial charge in [0.25, 0.3) is 0 Å². The number of carboxylic acids is 1. The molecule has 1 N–H and O–H groups in total. The van der Waals surface area contributed by atoms with Crippen LogP contribution in [0.15, 0.2) is 48.1 Å². The average molecular weight is 661 g/mol. The second kappa shape index (κ2) is 19.2. The van der Waals surface area contributed by atoms with Gasteiger partial charge in [0.1, 0.15) is 0 Å². The van der Waals surface area contributed by atoms with Crippen LogP contribution in [0.2, 0.25) is 0 Å². The summed E-state index contributed by atoms with van der Waals surface area (Å²) in [5.41, 5.74) is 2.99. The fraction of sp³-hybridized carbons (Fsp3) is 0.804. The molecule has 3 saturated carbocycles. The van der Waals surface area contributed by atoms with Crippen LogP contribution in [0.5, 0.6) is 0 Å². The molecule has 0 amide bonds. The van der Waals surface area contributed by atoms with Crippen LogP contribution in [0.3, 0.4) is 0 Å². The number of hydrogen-bond donors (Lipinski definition) is 1. The molecule has 3 fully saturated rings. The first-order chi connectivity index (χ1) is 23.1. The van der Waals surface area contributed by atoms with E-state index in [0.29, 0.717) is 29.1 Å². The van der Waals surface area contributed by atoms with Gasteiger partial charge in [0.2, 0.25) is 0 Å². The van der Waals surface area contributed by atoms with Crippen molar-refractivity contribution in [1.29, 1.82) is 0 Å². The lowest BCUT2D eigenvalue weighted by Crippen LogP contribution is -2.49. The predicted molar refractivity (Wildman–Crippen MR) is 207 cm³/mol. The van der Waals surface area contributed by atoms with E-state index < -0.39 is 5.97 Å². The molecule has 0 radical (unpaired) electrons. The number of unbranched alkanes of at least 4 members (excludes halogenated alkanes) is 8. The van der Waals surface area contributed by atoms with Crippen LogP contribution in [0.4, 0.5) is 0 Å². The van der Waals surface area contributed by atoms with E-state index in [1.165, 1.54) is 96.3 Å². The Balaban J connectivity index is 1.12. The van der Waals surface area contributed by atoms with Crippen molar-refractivity contribution < 1.29 is 9.90 Å². The molecule has 9 atom stereocenters. The van der Waals surface area contributed by atoms with E-state index in [1.54, 1.807) is 0 Å². The number of carboxylic acid groups (broad SMARTS) is 1. The molecule has 0 aromatic heterocycles. The maximum absolute atomic E-state index is 10.5. The summed E-state index contributed by atoms with van der Waals surface area (Å²) in [4.78, 5) is 10.5. The Hall–Kier alpha value is -1.57. The zero-order valence-electron chi connectivity index (χ0n) is 32.4. The molecule has 48 heavy (non-hydrogen) atoms. The fourth-order valence-electron chi connectivity index (χ4n) is 10.9. The summed E-state index contributed by atoms with van der Waals surface area (Å²) >= 11 is 0. The van der Waals surface area contributed by atoms with E-state index >= 15 is 0 Å². The number of allylic oxidation sites excluding steroid dienone is 8. The summed E-state index contributed by atoms with van der Waals surface area (Å²) in [5, 5.41) is 8.69. The third-order valence-corrected chi connectivity index (χ3v) is 14.5. The molecule has 0 spiro atoms. The van der Waals surface area contributed by atoms with E-state index in [-0.39, 0.29) is 0 Å². The van der Waals surface area contributed by atoms with Gasteiger partial charge < -0.3 is 5.11 Å². The maximum atomic E-state index is 10.5. The van der Waals surface area contributed by atoms with Gasteiger partial charge in [-0.05, 0) is 148 Å². The summed E-state index contributed by atoms with van der Waals surface area (Å²) in [6, 6.07) is 0. The Kier molecular flexibility index (Phi) is 15.6. The Labute approximate surface area is 297 Å². The first-order valence-corrected chi connectivity index (χ1v) is 21.0. The molecular weight excluding hydrogens is 585 g/mol. The zero-order chi connectivity index (χ0) is 34.6. The Morgan fingerprint density at radius 3 is 2.15 bits per heavy atom. The molecule has 0 bridgehead atoms. The largest absolute Gasteiger partial charge is 0.481 e. The van der Waals surface area contributed by atoms with Gasteiger partial charge in [0, 0.05) is 6.42 Å². The highest BCUT2D eigenvalue weighted by Crippen LogP contribution is 2.67. The van der Waals surface area contributed by atoms with Crippen LogP contribution in [0.1, 0.15) is 176 Å². The lowest BCUT2D eigenvalue weighted by molar-refractivity contribution is -0.137. The molecule has 0 aromatic rings. The van der Waals surface area contributed by atoms with Crippen molar-refractivity contribution in [1.82, 2.24) is 0 Å². The molecule has 4 aliphatic carbocycles. The standard InChI is InChI=1S/C46H76O2/c1-35(2)36(3)24-25-37(4)41-28-29-42-40-27-26-39-34-38(30-32-45(39,5)43(40)31-33-46(41,42)6)22-20-18-16-14-12-10-8-7-9-11-13-15-17-19-21-23-44(47)48/h7,9-10,12,24-25,27,35-39,41-43H,8,11,13-23,26,28-34H2,1-6H3,(H,47,48)/b9-7-,12-10-,25-24?/t36-,37+,38-,39?,41+,42-,43-,45-,46+/m0/s1. The molecular formula is C46H76O2. The van der Waals surface area contributed by atoms with Crippen LogP contribution < -0.4 is 0 Å². The first kappa shape index (κ1) is 39.2. The molecule has 272 valence electrons. The van der Waals surface area contributed by atoms with Crippen molar-refractivity contribution >= 4 is 5.97 Å². The topological polar surface area (TPSA) is 37.3 Å². The smallest absolute Gasteiger partial charge is 0.303 e. The van der Waals surface area contributed by atoms with Gasteiger partial charge in [-0.3, -0.25) is 4.79 Å². The van der Waals surface area contributed by atoms with Crippen molar-refractivity contribution in [2.75, 3.05) is 0 Å². The van der Waals surface area contributed by atoms with Crippen molar-refractivity contribution in [2.24, 2.45) is 58.2 Å². The summed E-state index contributed by atoms with van der Waals surface area (Å²) < 4.78 is 0. The number of fused-ring (bicyclic) bond motifs is 5. The van der Waals surface area contributed by atoms with Gasteiger partial charge in [-0.15, -0.1) is 0 Å². The van der Waals surface area contributed by atoms with Crippen LogP contribution in [-0.2, 0) is 4.79 Å². The van der Waals surface area contributed by atoms with Gasteiger partial charge in [-0.25, -0.2) is 0 Å². The van der Waals surface area contributed by atoms with Gasteiger partial charge in [0.05, 0.1) is 0 Å². The van der Waals surface area contributed by atoms with Crippen molar-refractivity contribution in [3.63, 3.8) is 0 Å². The van der Waals surface area contributed by atoms with Crippen LogP contribution in [0.25, 0.3) is 0 Å². The summed E-state index contributed by atoms with van der Waals surface area (Å²) in [6.45, 7) is 15.1. The van der Waals surface area contributed by atoms with E-state index in [1.807, 2.05) is 5.57 Å².